The summed E-state index contributed by atoms with van der Waals surface area (Å²) in [6.07, 6.45) is 2.50. The summed E-state index contributed by atoms with van der Waals surface area (Å²) in [5, 5.41) is 0. The second kappa shape index (κ2) is 1.41. The number of carbonyl (C=O) groups excluding carboxylic acids is 1. The summed E-state index contributed by atoms with van der Waals surface area (Å²) in [5.41, 5.74) is 0.720. The summed E-state index contributed by atoms with van der Waals surface area (Å²) in [6.45, 7) is 8.41. The summed E-state index contributed by atoms with van der Waals surface area (Å²) < 4.78 is 0. The molecule has 0 aromatic carbocycles. The maximum Gasteiger partial charge on any atom is 0.136 e. The molecule has 11 heavy (non-hydrogen) atoms. The number of hydrogen-bond donors (Lipinski definition) is 0. The number of ketones is 1. The van der Waals surface area contributed by atoms with E-state index in [0.717, 1.165) is 0 Å². The van der Waals surface area contributed by atoms with Gasteiger partial charge in [0, 0.05) is 5.41 Å². The molecule has 2 atom stereocenters. The summed E-state index contributed by atoms with van der Waals surface area (Å²) in [6, 6.07) is 0. The minimum absolute atomic E-state index is 0.0139. The van der Waals surface area contributed by atoms with E-state index in [1.165, 1.54) is 12.8 Å². The highest BCUT2D eigenvalue weighted by atomic mass is 16.1. The Morgan fingerprint density at radius 1 is 1.09 bits per heavy atom. The Labute approximate surface area is 68.2 Å². The molecule has 0 bridgehead atoms. The second-order valence-electron chi connectivity index (χ2n) is 4.85. The molecular formula is C10H16O. The number of rotatable bonds is 1. The fraction of sp³-hybridized carbons (Fsp3) is 0.900. The molecule has 2 aliphatic rings. The Morgan fingerprint density at radius 2 is 1.45 bits per heavy atom. The number of fused-ring (bicyclic) bond motifs is 1. The summed E-state index contributed by atoms with van der Waals surface area (Å²) >= 11 is 0. The standard InChI is InChI=1S/C10H16O/c1-7(11)10(4)8(2)5-6-9(8,10)3/h5-6H2,1-4H3. The van der Waals surface area contributed by atoms with Gasteiger partial charge >= 0.3 is 0 Å². The molecule has 0 saturated heterocycles. The maximum absolute atomic E-state index is 11.4. The minimum Gasteiger partial charge on any atom is -0.299 e. The van der Waals surface area contributed by atoms with Crippen molar-refractivity contribution in [3.8, 4) is 0 Å². The lowest BCUT2D eigenvalue weighted by Gasteiger charge is -2.28. The molecular weight excluding hydrogens is 136 g/mol. The first kappa shape index (κ1) is 7.33. The van der Waals surface area contributed by atoms with Crippen LogP contribution in [-0.4, -0.2) is 5.78 Å². The molecule has 2 saturated carbocycles. The van der Waals surface area contributed by atoms with E-state index in [9.17, 15) is 4.79 Å². The van der Waals surface area contributed by atoms with E-state index >= 15 is 0 Å². The van der Waals surface area contributed by atoms with Crippen LogP contribution in [0.5, 0.6) is 0 Å². The van der Waals surface area contributed by atoms with Gasteiger partial charge in [0.15, 0.2) is 0 Å². The van der Waals surface area contributed by atoms with E-state index in [4.69, 9.17) is 0 Å². The molecule has 0 N–H and O–H groups in total. The molecule has 0 aromatic rings. The van der Waals surface area contributed by atoms with Crippen LogP contribution < -0.4 is 0 Å². The van der Waals surface area contributed by atoms with Crippen molar-refractivity contribution in [3.63, 3.8) is 0 Å². The third-order valence-corrected chi connectivity index (χ3v) is 5.19. The molecule has 1 nitrogen and oxygen atoms in total. The molecule has 0 heterocycles. The average Bonchev–Trinajstić information content (AvgIpc) is 2.18. The fourth-order valence-corrected chi connectivity index (χ4v) is 3.46. The third kappa shape index (κ3) is 0.401. The van der Waals surface area contributed by atoms with Crippen molar-refractivity contribution in [2.45, 2.75) is 40.5 Å². The van der Waals surface area contributed by atoms with Crippen LogP contribution in [0.15, 0.2) is 0 Å². The Kier molecular flexibility index (Phi) is 0.942. The first-order valence-electron chi connectivity index (χ1n) is 4.41. The lowest BCUT2D eigenvalue weighted by molar-refractivity contribution is -0.122. The normalized spacial score (nSPS) is 59.6. The molecule has 62 valence electrons. The van der Waals surface area contributed by atoms with E-state index in [-0.39, 0.29) is 5.41 Å². The van der Waals surface area contributed by atoms with Crippen LogP contribution in [-0.2, 0) is 4.79 Å². The highest BCUT2D eigenvalue weighted by molar-refractivity contribution is 5.89. The Morgan fingerprint density at radius 3 is 1.55 bits per heavy atom. The summed E-state index contributed by atoms with van der Waals surface area (Å²) in [5.74, 6) is 0.389. The van der Waals surface area contributed by atoms with Gasteiger partial charge in [-0.15, -0.1) is 0 Å². The molecule has 0 aliphatic heterocycles. The molecule has 0 amide bonds. The van der Waals surface area contributed by atoms with Crippen molar-refractivity contribution in [3.05, 3.63) is 0 Å². The topological polar surface area (TPSA) is 17.1 Å². The third-order valence-electron chi connectivity index (χ3n) is 5.19. The van der Waals surface area contributed by atoms with Gasteiger partial charge in [0.2, 0.25) is 0 Å². The van der Waals surface area contributed by atoms with Crippen molar-refractivity contribution >= 4 is 5.78 Å². The highest BCUT2D eigenvalue weighted by Crippen LogP contribution is 2.88. The SMILES string of the molecule is CC(=O)C1(C)C2(C)CCC21C. The van der Waals surface area contributed by atoms with Crippen LogP contribution in [0.2, 0.25) is 0 Å². The maximum atomic E-state index is 11.4. The van der Waals surface area contributed by atoms with Gasteiger partial charge in [-0.2, -0.15) is 0 Å². The van der Waals surface area contributed by atoms with Gasteiger partial charge in [-0.1, -0.05) is 20.8 Å². The number of hydrogen-bond acceptors (Lipinski definition) is 1. The molecule has 0 spiro atoms. The van der Waals surface area contributed by atoms with Crippen LogP contribution in [0.1, 0.15) is 40.5 Å². The lowest BCUT2D eigenvalue weighted by Crippen LogP contribution is -2.18. The van der Waals surface area contributed by atoms with Crippen LogP contribution >= 0.6 is 0 Å². The quantitative estimate of drug-likeness (QED) is 0.564. The van der Waals surface area contributed by atoms with Crippen molar-refractivity contribution in [2.75, 3.05) is 0 Å². The Hall–Kier alpha value is -0.330. The Bertz CT molecular complexity index is 227. The monoisotopic (exact) mass is 152 g/mol. The van der Waals surface area contributed by atoms with Gasteiger partial charge in [0.25, 0.3) is 0 Å². The molecule has 2 aliphatic carbocycles. The lowest BCUT2D eigenvalue weighted by atomic mass is 9.77. The van der Waals surface area contributed by atoms with E-state index in [1.807, 2.05) is 0 Å². The van der Waals surface area contributed by atoms with Gasteiger partial charge in [-0.3, -0.25) is 4.79 Å². The fourth-order valence-electron chi connectivity index (χ4n) is 3.46. The number of carbonyl (C=O) groups is 1. The smallest absolute Gasteiger partial charge is 0.136 e. The zero-order chi connectivity index (χ0) is 8.49. The summed E-state index contributed by atoms with van der Waals surface area (Å²) in [4.78, 5) is 11.4. The van der Waals surface area contributed by atoms with E-state index in [1.54, 1.807) is 6.92 Å². The van der Waals surface area contributed by atoms with Gasteiger partial charge in [-0.05, 0) is 30.6 Å². The van der Waals surface area contributed by atoms with Crippen molar-refractivity contribution in [2.24, 2.45) is 16.2 Å². The zero-order valence-electron chi connectivity index (χ0n) is 7.82. The van der Waals surface area contributed by atoms with Gasteiger partial charge in [0.05, 0.1) is 0 Å². The largest absolute Gasteiger partial charge is 0.299 e. The van der Waals surface area contributed by atoms with Crippen molar-refractivity contribution in [1.82, 2.24) is 0 Å². The molecule has 2 unspecified atom stereocenters. The second-order valence-corrected chi connectivity index (χ2v) is 4.85. The molecule has 2 rings (SSSR count). The van der Waals surface area contributed by atoms with Gasteiger partial charge in [-0.25, -0.2) is 0 Å². The van der Waals surface area contributed by atoms with Crippen LogP contribution in [0.4, 0.5) is 0 Å². The molecule has 0 aromatic heterocycles. The minimum atomic E-state index is 0.0139. The Balaban J connectivity index is 2.40. The van der Waals surface area contributed by atoms with Crippen molar-refractivity contribution < 1.29 is 4.79 Å². The first-order valence-corrected chi connectivity index (χ1v) is 4.41. The van der Waals surface area contributed by atoms with E-state index in [2.05, 4.69) is 20.8 Å². The predicted molar refractivity (Wildman–Crippen MR) is 44.2 cm³/mol. The van der Waals surface area contributed by atoms with Crippen LogP contribution in [0, 0.1) is 16.2 Å². The molecule has 2 fully saturated rings. The van der Waals surface area contributed by atoms with E-state index in [0.29, 0.717) is 16.6 Å². The van der Waals surface area contributed by atoms with Gasteiger partial charge in [0.1, 0.15) is 5.78 Å². The van der Waals surface area contributed by atoms with Crippen LogP contribution in [0.25, 0.3) is 0 Å². The van der Waals surface area contributed by atoms with Crippen LogP contribution in [0.3, 0.4) is 0 Å². The summed E-state index contributed by atoms with van der Waals surface area (Å²) in [7, 11) is 0. The molecule has 1 heteroatoms. The van der Waals surface area contributed by atoms with Gasteiger partial charge < -0.3 is 0 Å². The van der Waals surface area contributed by atoms with E-state index < -0.39 is 0 Å². The molecule has 0 radical (unpaired) electrons. The average molecular weight is 152 g/mol. The highest BCUT2D eigenvalue weighted by Gasteiger charge is 2.85. The predicted octanol–water partition coefficient (Wildman–Crippen LogP) is 2.40. The zero-order valence-corrected chi connectivity index (χ0v) is 7.82. The number of Topliss-reactive ketones (excluding diaryl/α,β-unsaturated/α-hetero) is 1. The first-order chi connectivity index (χ1) is 4.90. The van der Waals surface area contributed by atoms with Crippen molar-refractivity contribution in [1.29, 1.82) is 0 Å².